The Labute approximate surface area is 162 Å². The third kappa shape index (κ3) is 3.29. The number of nitrogens with one attached hydrogen (secondary N) is 1. The van der Waals surface area contributed by atoms with Gasteiger partial charge in [0.25, 0.3) is 5.91 Å². The summed E-state index contributed by atoms with van der Waals surface area (Å²) in [6.07, 6.45) is 1.71. The Hall–Kier alpha value is -3.17. The van der Waals surface area contributed by atoms with E-state index in [1.807, 2.05) is 24.3 Å². The van der Waals surface area contributed by atoms with Gasteiger partial charge in [-0.15, -0.1) is 0 Å². The average molecular weight is 373 g/mol. The zero-order chi connectivity index (χ0) is 18.8. The lowest BCUT2D eigenvalue weighted by Gasteiger charge is -2.11. The van der Waals surface area contributed by atoms with Crippen LogP contribution in [-0.4, -0.2) is 12.1 Å². The van der Waals surface area contributed by atoms with Crippen molar-refractivity contribution in [1.82, 2.24) is 5.43 Å². The molecule has 0 heterocycles. The van der Waals surface area contributed by atoms with Gasteiger partial charge in [-0.3, -0.25) is 4.79 Å². The van der Waals surface area contributed by atoms with Gasteiger partial charge in [-0.25, -0.2) is 5.43 Å². The van der Waals surface area contributed by atoms with E-state index in [0.717, 1.165) is 16.3 Å². The maximum Gasteiger partial charge on any atom is 0.271 e. The van der Waals surface area contributed by atoms with E-state index in [4.69, 9.17) is 11.6 Å². The molecule has 0 saturated heterocycles. The maximum atomic E-state index is 12.3. The Morgan fingerprint density at radius 2 is 1.48 bits per heavy atom. The molecule has 27 heavy (non-hydrogen) atoms. The second-order valence-corrected chi connectivity index (χ2v) is 6.78. The molecule has 0 unspecified atom stereocenters. The third-order valence-corrected chi connectivity index (χ3v) is 4.92. The molecular formula is C23H17ClN2O. The first-order chi connectivity index (χ1) is 13.1. The minimum Gasteiger partial charge on any atom is -0.267 e. The number of hydrogen-bond acceptors (Lipinski definition) is 2. The van der Waals surface area contributed by atoms with Crippen LogP contribution in [0.4, 0.5) is 0 Å². The highest BCUT2D eigenvalue weighted by Crippen LogP contribution is 2.31. The molecular weight excluding hydrogens is 356 g/mol. The molecule has 0 aromatic heterocycles. The Balaban J connectivity index is 1.75. The van der Waals surface area contributed by atoms with Crippen LogP contribution in [0.1, 0.15) is 21.5 Å². The number of nitrogens with zero attached hydrogens (tertiary/aromatic N) is 1. The number of fused-ring (bicyclic) bond motifs is 2. The summed E-state index contributed by atoms with van der Waals surface area (Å²) in [5, 5.41) is 9.30. The topological polar surface area (TPSA) is 41.5 Å². The lowest BCUT2D eigenvalue weighted by molar-refractivity contribution is 0.0955. The minimum absolute atomic E-state index is 0.297. The van der Waals surface area contributed by atoms with Crippen LogP contribution in [-0.2, 0) is 0 Å². The number of aryl methyl sites for hydroxylation is 1. The van der Waals surface area contributed by atoms with Gasteiger partial charge in [0.05, 0.1) is 6.21 Å². The van der Waals surface area contributed by atoms with E-state index in [9.17, 15) is 4.79 Å². The molecule has 4 heteroatoms. The number of amides is 1. The van der Waals surface area contributed by atoms with E-state index < -0.39 is 0 Å². The fourth-order valence-corrected chi connectivity index (χ4v) is 3.56. The molecule has 3 nitrogen and oxygen atoms in total. The summed E-state index contributed by atoms with van der Waals surface area (Å²) in [6, 6.07) is 23.3. The van der Waals surface area contributed by atoms with Crippen molar-refractivity contribution in [2.75, 3.05) is 0 Å². The predicted octanol–water partition coefficient (Wildman–Crippen LogP) is 5.72. The molecule has 4 aromatic rings. The van der Waals surface area contributed by atoms with Gasteiger partial charge in [0.15, 0.2) is 0 Å². The van der Waals surface area contributed by atoms with Crippen molar-refractivity contribution >= 4 is 45.3 Å². The van der Waals surface area contributed by atoms with Crippen LogP contribution in [0.3, 0.4) is 0 Å². The van der Waals surface area contributed by atoms with E-state index in [-0.39, 0.29) is 5.91 Å². The number of benzene rings is 4. The number of halogens is 1. The number of carbonyl (C=O) groups is 1. The normalized spacial score (nSPS) is 11.3. The van der Waals surface area contributed by atoms with Crippen molar-refractivity contribution in [2.45, 2.75) is 6.92 Å². The van der Waals surface area contributed by atoms with Crippen molar-refractivity contribution < 1.29 is 4.79 Å². The second-order valence-electron chi connectivity index (χ2n) is 6.34. The summed E-state index contributed by atoms with van der Waals surface area (Å²) in [4.78, 5) is 12.3. The summed E-state index contributed by atoms with van der Waals surface area (Å²) in [6.45, 7) is 2.13. The Bertz CT molecular complexity index is 1140. The molecule has 0 bridgehead atoms. The monoisotopic (exact) mass is 372 g/mol. The summed E-state index contributed by atoms with van der Waals surface area (Å²) in [7, 11) is 0. The van der Waals surface area contributed by atoms with Gasteiger partial charge in [0.2, 0.25) is 0 Å². The first-order valence-corrected chi connectivity index (χ1v) is 9.02. The highest BCUT2D eigenvalue weighted by Gasteiger charge is 2.10. The van der Waals surface area contributed by atoms with E-state index in [1.165, 1.54) is 16.3 Å². The second kappa shape index (κ2) is 7.22. The van der Waals surface area contributed by atoms with Gasteiger partial charge in [-0.1, -0.05) is 66.2 Å². The van der Waals surface area contributed by atoms with Crippen LogP contribution >= 0.6 is 11.6 Å². The van der Waals surface area contributed by atoms with Gasteiger partial charge in [-0.05, 0) is 52.2 Å². The van der Waals surface area contributed by atoms with E-state index in [2.05, 4.69) is 41.7 Å². The fraction of sp³-hybridized carbons (Fsp3) is 0.0435. The van der Waals surface area contributed by atoms with Crippen LogP contribution in [0.2, 0.25) is 5.02 Å². The SMILES string of the molecule is Cc1c2ccccc2c(/C=N/NC(=O)c2cccc(Cl)c2)c2ccccc12. The summed E-state index contributed by atoms with van der Waals surface area (Å²) in [5.41, 5.74) is 5.28. The zero-order valence-electron chi connectivity index (χ0n) is 14.7. The number of carbonyl (C=O) groups excluding carboxylic acids is 1. The maximum absolute atomic E-state index is 12.3. The highest BCUT2D eigenvalue weighted by atomic mass is 35.5. The van der Waals surface area contributed by atoms with Crippen LogP contribution in [0.25, 0.3) is 21.5 Å². The largest absolute Gasteiger partial charge is 0.271 e. The van der Waals surface area contributed by atoms with Gasteiger partial charge in [-0.2, -0.15) is 5.10 Å². The Morgan fingerprint density at radius 1 is 0.889 bits per heavy atom. The van der Waals surface area contributed by atoms with Crippen molar-refractivity contribution in [1.29, 1.82) is 0 Å². The highest BCUT2D eigenvalue weighted by molar-refractivity contribution is 6.31. The van der Waals surface area contributed by atoms with E-state index >= 15 is 0 Å². The molecule has 0 aliphatic carbocycles. The minimum atomic E-state index is -0.297. The molecule has 0 radical (unpaired) electrons. The number of hydrogen-bond donors (Lipinski definition) is 1. The predicted molar refractivity (Wildman–Crippen MR) is 113 cm³/mol. The first-order valence-electron chi connectivity index (χ1n) is 8.64. The van der Waals surface area contributed by atoms with Crippen molar-refractivity contribution in [3.8, 4) is 0 Å². The molecule has 4 rings (SSSR count). The summed E-state index contributed by atoms with van der Waals surface area (Å²) < 4.78 is 0. The van der Waals surface area contributed by atoms with Gasteiger partial charge in [0, 0.05) is 16.1 Å². The third-order valence-electron chi connectivity index (χ3n) is 4.69. The molecule has 0 atom stereocenters. The summed E-state index contributed by atoms with van der Waals surface area (Å²) in [5.74, 6) is -0.297. The quantitative estimate of drug-likeness (QED) is 0.279. The fourth-order valence-electron chi connectivity index (χ4n) is 3.37. The molecule has 0 spiro atoms. The lowest BCUT2D eigenvalue weighted by atomic mass is 9.93. The molecule has 1 amide bonds. The van der Waals surface area contributed by atoms with Gasteiger partial charge >= 0.3 is 0 Å². The van der Waals surface area contributed by atoms with Crippen molar-refractivity contribution in [3.05, 3.63) is 94.5 Å². The number of hydrazone groups is 1. The van der Waals surface area contributed by atoms with Crippen LogP contribution in [0, 0.1) is 6.92 Å². The Kier molecular flexibility index (Phi) is 4.61. The van der Waals surface area contributed by atoms with Crippen molar-refractivity contribution in [3.63, 3.8) is 0 Å². The smallest absolute Gasteiger partial charge is 0.267 e. The molecule has 4 aromatic carbocycles. The van der Waals surface area contributed by atoms with Crippen molar-refractivity contribution in [2.24, 2.45) is 5.10 Å². The number of rotatable bonds is 3. The van der Waals surface area contributed by atoms with Crippen LogP contribution in [0.15, 0.2) is 77.9 Å². The zero-order valence-corrected chi connectivity index (χ0v) is 15.5. The van der Waals surface area contributed by atoms with Crippen LogP contribution < -0.4 is 5.43 Å². The lowest BCUT2D eigenvalue weighted by Crippen LogP contribution is -2.17. The van der Waals surface area contributed by atoms with Crippen LogP contribution in [0.5, 0.6) is 0 Å². The van der Waals surface area contributed by atoms with Gasteiger partial charge < -0.3 is 0 Å². The molecule has 0 fully saturated rings. The standard InChI is InChI=1S/C23H17ClN2O/c1-15-18-9-2-4-11-20(18)22(21-12-5-3-10-19(15)21)14-25-26-23(27)16-7-6-8-17(24)13-16/h2-14H,1H3,(H,26,27)/b25-14+. The van der Waals surface area contributed by atoms with Gasteiger partial charge in [0.1, 0.15) is 0 Å². The molecule has 0 aliphatic rings. The Morgan fingerprint density at radius 3 is 2.07 bits per heavy atom. The average Bonchev–Trinajstić information content (AvgIpc) is 2.70. The van der Waals surface area contributed by atoms with E-state index in [1.54, 1.807) is 30.5 Å². The summed E-state index contributed by atoms with van der Waals surface area (Å²) >= 11 is 5.95. The molecule has 1 N–H and O–H groups in total. The molecule has 0 aliphatic heterocycles. The molecule has 132 valence electrons. The van der Waals surface area contributed by atoms with E-state index in [0.29, 0.717) is 10.6 Å². The molecule has 0 saturated carbocycles. The first kappa shape index (κ1) is 17.3.